The molecule has 0 fully saturated rings. The van der Waals surface area contributed by atoms with Gasteiger partial charge in [0, 0.05) is 0 Å². The summed E-state index contributed by atoms with van der Waals surface area (Å²) in [5.41, 5.74) is 0. The van der Waals surface area contributed by atoms with Gasteiger partial charge in [-0.05, 0) is 24.7 Å². The molecule has 0 saturated carbocycles. The Bertz CT molecular complexity index is 88.9. The second-order valence-electron chi connectivity index (χ2n) is 2.13. The fourth-order valence-electron chi connectivity index (χ4n) is 0.332. The number of hydrogen-bond acceptors (Lipinski definition) is 1. The number of ketones is 1. The van der Waals surface area contributed by atoms with Crippen molar-refractivity contribution < 1.29 is 4.79 Å². The lowest BCUT2D eigenvalue weighted by Gasteiger charge is -2.00. The van der Waals surface area contributed by atoms with Crippen LogP contribution in [0.1, 0.15) is 21.3 Å². The Kier molecular flexibility index (Phi) is 6.35. The average Bonchev–Trinajstić information content (AvgIpc) is 1.64. The van der Waals surface area contributed by atoms with Crippen LogP contribution in [0, 0.1) is 0 Å². The summed E-state index contributed by atoms with van der Waals surface area (Å²) in [4.78, 5) is 10.6. The van der Waals surface area contributed by atoms with E-state index in [1.165, 1.54) is 0 Å². The molecule has 9 heavy (non-hydrogen) atoms. The molecule has 0 rings (SSSR count). The Labute approximate surface area is 61.2 Å². The molecule has 1 atom stereocenters. The maximum absolute atomic E-state index is 10.6. The van der Waals surface area contributed by atoms with E-state index in [9.17, 15) is 4.79 Å². The zero-order chi connectivity index (χ0) is 6.73. The molecule has 0 aliphatic rings. The van der Waals surface area contributed by atoms with E-state index in [-0.39, 0.29) is 23.6 Å². The summed E-state index contributed by atoms with van der Waals surface area (Å²) in [5, 5.41) is 0.259. The fourth-order valence-corrected chi connectivity index (χ4v) is 0.996. The lowest BCUT2D eigenvalue weighted by Crippen LogP contribution is -2.22. The van der Waals surface area contributed by atoms with Crippen molar-refractivity contribution in [2.45, 2.75) is 26.5 Å². The van der Waals surface area contributed by atoms with Crippen molar-refractivity contribution in [1.29, 1.82) is 0 Å². The Balaban J connectivity index is 0. The van der Waals surface area contributed by atoms with Crippen LogP contribution < -0.4 is 0 Å². The quantitative estimate of drug-likeness (QED) is 0.543. The highest BCUT2D eigenvalue weighted by Gasteiger charge is 2.19. The minimum absolute atomic E-state index is 0. The first kappa shape index (κ1) is 11.8. The van der Waals surface area contributed by atoms with Gasteiger partial charge in [-0.25, -0.2) is 0 Å². The van der Waals surface area contributed by atoms with Gasteiger partial charge in [0.2, 0.25) is 0 Å². The highest BCUT2D eigenvalue weighted by Crippen LogP contribution is 1.98. The minimum atomic E-state index is 0. The fraction of sp³-hybridized carbons (Fsp3) is 0.857. The second-order valence-corrected chi connectivity index (χ2v) is 4.60. The standard InChI is InChI=1S/C6H13OS.CH4/c1-5(7)6(2)8(3)4;/h6H,1-4H3;1H4/q+1;. The summed E-state index contributed by atoms with van der Waals surface area (Å²) in [5.74, 6) is 0.304. The van der Waals surface area contributed by atoms with Crippen molar-refractivity contribution in [2.75, 3.05) is 12.5 Å². The molecule has 0 aliphatic heterocycles. The third-order valence-electron chi connectivity index (χ3n) is 1.28. The van der Waals surface area contributed by atoms with Gasteiger partial charge >= 0.3 is 0 Å². The summed E-state index contributed by atoms with van der Waals surface area (Å²) < 4.78 is 0. The van der Waals surface area contributed by atoms with Crippen molar-refractivity contribution in [1.82, 2.24) is 0 Å². The first-order chi connectivity index (χ1) is 3.55. The van der Waals surface area contributed by atoms with E-state index < -0.39 is 0 Å². The Morgan fingerprint density at radius 1 is 1.44 bits per heavy atom. The predicted octanol–water partition coefficient (Wildman–Crippen LogP) is 1.48. The summed E-state index contributed by atoms with van der Waals surface area (Å²) in [6, 6.07) is 0. The third-order valence-corrected chi connectivity index (χ3v) is 3.03. The molecule has 0 heterocycles. The van der Waals surface area contributed by atoms with Crippen LogP contribution >= 0.6 is 0 Å². The van der Waals surface area contributed by atoms with Crippen LogP contribution in [0.15, 0.2) is 0 Å². The molecule has 0 bridgehead atoms. The van der Waals surface area contributed by atoms with Crippen molar-refractivity contribution in [3.05, 3.63) is 0 Å². The Morgan fingerprint density at radius 2 is 1.78 bits per heavy atom. The summed E-state index contributed by atoms with van der Waals surface area (Å²) in [6.45, 7) is 3.63. The summed E-state index contributed by atoms with van der Waals surface area (Å²) in [6.07, 6.45) is 4.18. The molecule has 0 radical (unpaired) electrons. The second kappa shape index (κ2) is 4.86. The van der Waals surface area contributed by atoms with Crippen LogP contribution in [0.25, 0.3) is 0 Å². The molecule has 0 aromatic heterocycles. The Morgan fingerprint density at radius 3 is 1.78 bits per heavy atom. The molecule has 1 nitrogen and oxygen atoms in total. The highest BCUT2D eigenvalue weighted by atomic mass is 32.2. The van der Waals surface area contributed by atoms with E-state index in [1.54, 1.807) is 6.92 Å². The number of rotatable bonds is 2. The van der Waals surface area contributed by atoms with Gasteiger partial charge in [0.05, 0.1) is 12.5 Å². The molecule has 0 N–H and O–H groups in total. The smallest absolute Gasteiger partial charge is 0.181 e. The molecule has 0 aromatic carbocycles. The van der Waals surface area contributed by atoms with E-state index >= 15 is 0 Å². The van der Waals surface area contributed by atoms with Crippen molar-refractivity contribution in [3.63, 3.8) is 0 Å². The largest absolute Gasteiger partial charge is 0.294 e. The molecule has 0 spiro atoms. The van der Waals surface area contributed by atoms with Crippen LogP contribution in [0.3, 0.4) is 0 Å². The lowest BCUT2D eigenvalue weighted by molar-refractivity contribution is -0.116. The first-order valence-corrected chi connectivity index (χ1v) is 4.73. The molecule has 0 aromatic rings. The van der Waals surface area contributed by atoms with Gasteiger partial charge in [0.1, 0.15) is 0 Å². The average molecular weight is 149 g/mol. The van der Waals surface area contributed by atoms with Crippen molar-refractivity contribution in [3.8, 4) is 0 Å². The van der Waals surface area contributed by atoms with Crippen molar-refractivity contribution >= 4 is 16.7 Å². The van der Waals surface area contributed by atoms with Gasteiger partial charge in [-0.3, -0.25) is 4.79 Å². The normalized spacial score (nSPS) is 12.6. The molecule has 0 amide bonds. The van der Waals surface area contributed by atoms with E-state index in [2.05, 4.69) is 12.5 Å². The Hall–Kier alpha value is 0.0200. The van der Waals surface area contributed by atoms with E-state index in [4.69, 9.17) is 0 Å². The van der Waals surface area contributed by atoms with Gasteiger partial charge in [-0.1, -0.05) is 7.43 Å². The number of carbonyl (C=O) groups excluding carboxylic acids is 1. The maximum atomic E-state index is 10.6. The molecular weight excluding hydrogens is 132 g/mol. The maximum Gasteiger partial charge on any atom is 0.181 e. The van der Waals surface area contributed by atoms with E-state index in [1.807, 2.05) is 6.92 Å². The van der Waals surface area contributed by atoms with Crippen LogP contribution in [-0.4, -0.2) is 23.5 Å². The molecule has 2 heteroatoms. The van der Waals surface area contributed by atoms with Gasteiger partial charge in [-0.15, -0.1) is 0 Å². The number of hydrogen-bond donors (Lipinski definition) is 0. The zero-order valence-corrected chi connectivity index (χ0v) is 6.71. The van der Waals surface area contributed by atoms with Gasteiger partial charge in [0.15, 0.2) is 11.0 Å². The third kappa shape index (κ3) is 4.52. The van der Waals surface area contributed by atoms with Crippen molar-refractivity contribution in [2.24, 2.45) is 0 Å². The van der Waals surface area contributed by atoms with E-state index in [0.717, 1.165) is 0 Å². The summed E-state index contributed by atoms with van der Waals surface area (Å²) >= 11 is 0. The lowest BCUT2D eigenvalue weighted by atomic mass is 10.3. The molecular formula is C7H17OS+. The van der Waals surface area contributed by atoms with Gasteiger partial charge < -0.3 is 0 Å². The minimum Gasteiger partial charge on any atom is -0.294 e. The van der Waals surface area contributed by atoms with Gasteiger partial charge in [0.25, 0.3) is 0 Å². The molecule has 0 saturated heterocycles. The predicted molar refractivity (Wildman–Crippen MR) is 46.1 cm³/mol. The summed E-state index contributed by atoms with van der Waals surface area (Å²) in [7, 11) is 0.260. The van der Waals surface area contributed by atoms with Crippen LogP contribution in [0.5, 0.6) is 0 Å². The van der Waals surface area contributed by atoms with Crippen LogP contribution in [0.2, 0.25) is 0 Å². The highest BCUT2D eigenvalue weighted by molar-refractivity contribution is 7.96. The molecule has 1 unspecified atom stereocenters. The topological polar surface area (TPSA) is 17.1 Å². The van der Waals surface area contributed by atoms with Gasteiger partial charge in [-0.2, -0.15) is 0 Å². The first-order valence-electron chi connectivity index (χ1n) is 2.62. The van der Waals surface area contributed by atoms with E-state index in [0.29, 0.717) is 5.78 Å². The monoisotopic (exact) mass is 149 g/mol. The molecule has 56 valence electrons. The zero-order valence-electron chi connectivity index (χ0n) is 5.89. The van der Waals surface area contributed by atoms with Crippen LogP contribution in [0.4, 0.5) is 0 Å². The molecule has 0 aliphatic carbocycles. The number of Topliss-reactive ketones (excluding diaryl/α,β-unsaturated/α-hetero) is 1. The van der Waals surface area contributed by atoms with Crippen LogP contribution in [-0.2, 0) is 15.7 Å². The number of carbonyl (C=O) groups is 1. The SMILES string of the molecule is C.CC(=O)C(C)[S+](C)C.